The minimum Gasteiger partial charge on any atom is -0.480 e. The number of nitriles is 3. The molecule has 0 spiro atoms. The number of nitrogens with zero attached hydrogens (tertiary/aromatic N) is 8. The molecule has 18 nitrogen and oxygen atoms in total. The van der Waals surface area contributed by atoms with E-state index in [1.54, 1.807) is 39.4 Å². The van der Waals surface area contributed by atoms with E-state index in [4.69, 9.17) is 21.3 Å². The fraction of sp³-hybridized carbons (Fsp3) is 0.500. The minimum atomic E-state index is -0.997. The number of carboxylic acid groups (broad SMARTS) is 1. The van der Waals surface area contributed by atoms with Crippen LogP contribution in [0.2, 0.25) is 0 Å². The number of likely N-dealkylation sites (tertiary alicyclic amines) is 2. The standard InChI is InChI=1S/2C21H24N4O.C16H17N3.C10H17NO4/c2*1-13-9-16(12-25(11-13)21(26)19(23)14-4-5-14)17-7-6-15(10-22)20-18(17)3-2-8-24-20;1-11-7-13(10-18-9-11)14-5-4-12(8-17)16-15(14)3-2-6-19-16;1-10(2,3)15-9(14)11-7(8(12)13)6-4-5-6/h2*2-3,6-8,13-14,16,19H,4-5,9,11-12,23H2,1H3;2-6,11,13,18H,7,9-10H2,1H3;6-7H,4-5H2,1-3H3,(H,11,14)(H,12,13)/t13-,16+,19+;13-,16-,19+;;7-/m11.0/s1. The predicted molar refractivity (Wildman–Crippen MR) is 330 cm³/mol. The topological polar surface area (TPSA) is 290 Å². The summed E-state index contributed by atoms with van der Waals surface area (Å²) in [7, 11) is 0. The highest BCUT2D eigenvalue weighted by molar-refractivity contribution is 5.90. The van der Waals surface area contributed by atoms with Gasteiger partial charge in [0.2, 0.25) is 11.8 Å². The molecule has 9 atom stereocenters. The largest absolute Gasteiger partial charge is 0.480 e. The highest BCUT2D eigenvalue weighted by Gasteiger charge is 2.41. The number of carbonyl (C=O) groups is 4. The lowest BCUT2D eigenvalue weighted by molar-refractivity contribution is -0.140. The van der Waals surface area contributed by atoms with E-state index in [9.17, 15) is 35.0 Å². The Morgan fingerprint density at radius 1 is 0.581 bits per heavy atom. The summed E-state index contributed by atoms with van der Waals surface area (Å²) < 4.78 is 4.98. The molecule has 3 amide bonds. The molecule has 6 heterocycles. The normalized spacial score (nSPS) is 22.9. The minimum absolute atomic E-state index is 0.0648. The van der Waals surface area contributed by atoms with Crippen LogP contribution in [0.25, 0.3) is 32.7 Å². The Morgan fingerprint density at radius 3 is 1.31 bits per heavy atom. The van der Waals surface area contributed by atoms with E-state index in [0.29, 0.717) is 65.3 Å². The summed E-state index contributed by atoms with van der Waals surface area (Å²) in [5, 5.41) is 45.8. The SMILES string of the molecule is CC(C)(C)OC(=O)N[C@H](C(=O)O)C1CC1.CC1CNCC(c2ccc(C#N)c3ncccc23)C1.C[C@@H]1C[C@@H](c2ccc(C#N)c3ncccc23)CN(C(=O)[C@@H](N)C2CC2)C1.C[C@@H]1C[C@H](c2ccc(C#N)c3ncccc23)CN(C(=O)[C@@H](N)C2CC2)C1. The highest BCUT2D eigenvalue weighted by atomic mass is 16.6. The second-order valence-electron chi connectivity index (χ2n) is 25.9. The molecule has 6 aromatic rings. The van der Waals surface area contributed by atoms with Crippen molar-refractivity contribution in [1.29, 1.82) is 15.8 Å². The van der Waals surface area contributed by atoms with Crippen molar-refractivity contribution in [3.05, 3.63) is 125 Å². The molecule has 3 aromatic heterocycles. The Kier molecular flexibility index (Phi) is 20.0. The summed E-state index contributed by atoms with van der Waals surface area (Å²) in [5.74, 6) is 2.55. The predicted octanol–water partition coefficient (Wildman–Crippen LogP) is 9.79. The maximum atomic E-state index is 12.8. The van der Waals surface area contributed by atoms with Crippen LogP contribution in [0.3, 0.4) is 0 Å². The van der Waals surface area contributed by atoms with E-state index in [1.165, 1.54) is 23.1 Å². The molecule has 86 heavy (non-hydrogen) atoms. The van der Waals surface area contributed by atoms with Crippen LogP contribution in [-0.4, -0.2) is 117 Å². The van der Waals surface area contributed by atoms with Crippen LogP contribution in [0.1, 0.15) is 150 Å². The van der Waals surface area contributed by atoms with Crippen LogP contribution in [0.5, 0.6) is 0 Å². The van der Waals surface area contributed by atoms with Gasteiger partial charge in [-0.3, -0.25) is 24.5 Å². The molecular weight excluding hydrogens is 1080 g/mol. The Hall–Kier alpha value is -8.08. The quantitative estimate of drug-likeness (QED) is 0.0853. The Labute approximate surface area is 504 Å². The summed E-state index contributed by atoms with van der Waals surface area (Å²) in [6, 6.07) is 28.9. The average molecular weight is 1160 g/mol. The van der Waals surface area contributed by atoms with Crippen molar-refractivity contribution in [3.8, 4) is 18.2 Å². The summed E-state index contributed by atoms with van der Waals surface area (Å²) in [6.07, 6.45) is 13.8. The van der Waals surface area contributed by atoms with Crippen LogP contribution in [0, 0.1) is 69.5 Å². The van der Waals surface area contributed by atoms with Crippen molar-refractivity contribution in [1.82, 2.24) is 35.4 Å². The molecule has 3 aliphatic carbocycles. The van der Waals surface area contributed by atoms with Gasteiger partial charge in [0.05, 0.1) is 45.3 Å². The maximum absolute atomic E-state index is 12.8. The first-order valence-corrected chi connectivity index (χ1v) is 30.6. The van der Waals surface area contributed by atoms with Gasteiger partial charge < -0.3 is 41.7 Å². The number of hydrogen-bond acceptors (Lipinski definition) is 14. The third kappa shape index (κ3) is 15.5. The molecular formula is C68H82N12O6. The third-order valence-electron chi connectivity index (χ3n) is 17.5. The van der Waals surface area contributed by atoms with Crippen molar-refractivity contribution in [2.45, 2.75) is 141 Å². The van der Waals surface area contributed by atoms with Gasteiger partial charge in [-0.1, -0.05) is 57.2 Å². The maximum Gasteiger partial charge on any atom is 0.408 e. The van der Waals surface area contributed by atoms with Crippen LogP contribution < -0.4 is 22.1 Å². The van der Waals surface area contributed by atoms with Crippen LogP contribution in [-0.2, 0) is 19.1 Å². The first-order valence-electron chi connectivity index (χ1n) is 30.6. The third-order valence-corrected chi connectivity index (χ3v) is 17.5. The van der Waals surface area contributed by atoms with Gasteiger partial charge in [0, 0.05) is 79.3 Å². The van der Waals surface area contributed by atoms with E-state index in [2.05, 4.69) is 76.7 Å². The van der Waals surface area contributed by atoms with E-state index < -0.39 is 23.7 Å². The number of aromatic nitrogens is 3. The lowest BCUT2D eigenvalue weighted by Crippen LogP contribution is -2.50. The number of hydrogen-bond donors (Lipinski definition) is 5. The van der Waals surface area contributed by atoms with Gasteiger partial charge >= 0.3 is 12.1 Å². The monoisotopic (exact) mass is 1160 g/mol. The molecule has 3 aliphatic heterocycles. The number of ether oxygens (including phenoxy) is 1. The van der Waals surface area contributed by atoms with Gasteiger partial charge in [0.15, 0.2) is 0 Å². The van der Waals surface area contributed by atoms with Crippen LogP contribution >= 0.6 is 0 Å². The summed E-state index contributed by atoms with van der Waals surface area (Å²) in [6.45, 7) is 16.9. The van der Waals surface area contributed by atoms with Gasteiger partial charge in [-0.2, -0.15) is 15.8 Å². The number of nitrogens with one attached hydrogen (secondary N) is 2. The number of aliphatic carboxylic acids is 1. The number of benzene rings is 3. The van der Waals surface area contributed by atoms with Gasteiger partial charge in [0.1, 0.15) is 29.9 Å². The fourth-order valence-electron chi connectivity index (χ4n) is 12.8. The van der Waals surface area contributed by atoms with Crippen molar-refractivity contribution in [3.63, 3.8) is 0 Å². The first-order chi connectivity index (χ1) is 41.2. The zero-order valence-electron chi connectivity index (χ0n) is 50.4. The molecule has 3 saturated heterocycles. The lowest BCUT2D eigenvalue weighted by Gasteiger charge is -2.38. The van der Waals surface area contributed by atoms with E-state index >= 15 is 0 Å². The number of fused-ring (bicyclic) bond motifs is 3. The number of piperidine rings is 3. The molecule has 0 bridgehead atoms. The van der Waals surface area contributed by atoms with Crippen molar-refractivity contribution < 1.29 is 29.0 Å². The smallest absolute Gasteiger partial charge is 0.408 e. The number of pyridine rings is 3. The Morgan fingerprint density at radius 2 is 0.965 bits per heavy atom. The molecule has 12 rings (SSSR count). The number of alkyl carbamates (subject to hydrolysis) is 1. The van der Waals surface area contributed by atoms with Gasteiger partial charge in [-0.05, 0) is 180 Å². The van der Waals surface area contributed by atoms with Gasteiger partial charge in [-0.25, -0.2) is 9.59 Å². The molecule has 0 radical (unpaired) electrons. The molecule has 7 N–H and O–H groups in total. The average Bonchev–Trinajstić information content (AvgIpc) is 2.55. The summed E-state index contributed by atoms with van der Waals surface area (Å²) in [4.78, 5) is 64.9. The highest BCUT2D eigenvalue weighted by Crippen LogP contribution is 2.40. The molecule has 6 aliphatic rings. The van der Waals surface area contributed by atoms with Crippen molar-refractivity contribution >= 4 is 56.6 Å². The van der Waals surface area contributed by atoms with E-state index in [0.717, 1.165) is 110 Å². The van der Waals surface area contributed by atoms with Crippen molar-refractivity contribution in [2.75, 3.05) is 39.3 Å². The second kappa shape index (κ2) is 27.5. The summed E-state index contributed by atoms with van der Waals surface area (Å²) in [5.41, 5.74) is 19.6. The number of nitrogens with two attached hydrogens (primary N) is 2. The zero-order valence-corrected chi connectivity index (χ0v) is 50.4. The van der Waals surface area contributed by atoms with Crippen molar-refractivity contribution in [2.24, 2.45) is 47.0 Å². The number of carbonyl (C=O) groups excluding carboxylic acids is 3. The zero-order chi connectivity index (χ0) is 61.4. The van der Waals surface area contributed by atoms with Crippen LogP contribution in [0.15, 0.2) is 91.4 Å². The fourth-order valence-corrected chi connectivity index (χ4v) is 12.8. The van der Waals surface area contributed by atoms with Gasteiger partial charge in [0.25, 0.3) is 0 Å². The van der Waals surface area contributed by atoms with E-state index in [-0.39, 0.29) is 41.7 Å². The molecule has 3 aromatic carbocycles. The second-order valence-corrected chi connectivity index (χ2v) is 25.9. The Bertz CT molecular complexity index is 3430. The molecule has 450 valence electrons. The number of amides is 3. The van der Waals surface area contributed by atoms with Gasteiger partial charge in [-0.15, -0.1) is 0 Å². The summed E-state index contributed by atoms with van der Waals surface area (Å²) >= 11 is 0. The lowest BCUT2D eigenvalue weighted by atomic mass is 9.83. The molecule has 2 unspecified atom stereocenters. The number of rotatable bonds is 10. The number of carboxylic acids is 1. The van der Waals surface area contributed by atoms with E-state index in [1.807, 2.05) is 70.5 Å². The Balaban J connectivity index is 0.000000140. The molecule has 18 heteroatoms. The van der Waals surface area contributed by atoms with Crippen LogP contribution in [0.4, 0.5) is 4.79 Å². The molecule has 6 fully saturated rings. The molecule has 3 saturated carbocycles. The first kappa shape index (κ1) is 62.5.